The first kappa shape index (κ1) is 23.9. The number of hydrogen-bond donors (Lipinski definition) is 0. The minimum Gasteiger partial charge on any atom is -0.237 e. The van der Waals surface area contributed by atoms with Crippen molar-refractivity contribution in [3.05, 3.63) is 0 Å². The number of rotatable bonds is 21. The Balaban J connectivity index is 2.93. The van der Waals surface area contributed by atoms with Crippen molar-refractivity contribution >= 4 is 0 Å². The lowest BCUT2D eigenvalue weighted by Crippen LogP contribution is -1.99. The first-order chi connectivity index (χ1) is 11.9. The van der Waals surface area contributed by atoms with Crippen molar-refractivity contribution in [1.29, 1.82) is 0 Å². The molecule has 0 aromatic heterocycles. The molecule has 0 saturated heterocycles. The van der Waals surface area contributed by atoms with Crippen molar-refractivity contribution in [3.63, 3.8) is 0 Å². The summed E-state index contributed by atoms with van der Waals surface area (Å²) in [6, 6.07) is 0. The average Bonchev–Trinajstić information content (AvgIpc) is 2.60. The second-order valence-corrected chi connectivity index (χ2v) is 7.30. The van der Waals surface area contributed by atoms with Crippen LogP contribution in [0.1, 0.15) is 129 Å². The van der Waals surface area contributed by atoms with Crippen LogP contribution in [0.2, 0.25) is 0 Å². The van der Waals surface area contributed by atoms with E-state index in [0.29, 0.717) is 0 Å². The van der Waals surface area contributed by atoms with Crippen LogP contribution in [-0.4, -0.2) is 13.2 Å². The lowest BCUT2D eigenvalue weighted by molar-refractivity contribution is -0.295. The van der Waals surface area contributed by atoms with E-state index in [-0.39, 0.29) is 0 Å². The van der Waals surface area contributed by atoms with Crippen LogP contribution < -0.4 is 0 Å². The molecule has 2 heteroatoms. The van der Waals surface area contributed by atoms with Crippen LogP contribution >= 0.6 is 0 Å². The standard InChI is InChI=1S/C22H46O2/c1-3-5-7-9-11-13-14-16-18-20-22-24-23-21-19-17-15-12-10-8-6-4-2/h3-22H2,1-2H3. The van der Waals surface area contributed by atoms with Gasteiger partial charge in [-0.2, -0.15) is 0 Å². The Bertz CT molecular complexity index is 184. The summed E-state index contributed by atoms with van der Waals surface area (Å²) in [5.41, 5.74) is 0. The van der Waals surface area contributed by atoms with E-state index < -0.39 is 0 Å². The molecular weight excluding hydrogens is 296 g/mol. The van der Waals surface area contributed by atoms with Crippen LogP contribution in [0.15, 0.2) is 0 Å². The maximum Gasteiger partial charge on any atom is 0.0822 e. The highest BCUT2D eigenvalue weighted by molar-refractivity contribution is 4.47. The van der Waals surface area contributed by atoms with Gasteiger partial charge in [0.05, 0.1) is 13.2 Å². The molecule has 0 radical (unpaired) electrons. The van der Waals surface area contributed by atoms with Gasteiger partial charge >= 0.3 is 0 Å². The highest BCUT2D eigenvalue weighted by atomic mass is 17.2. The number of unbranched alkanes of at least 4 members (excludes halogenated alkanes) is 16. The van der Waals surface area contributed by atoms with Crippen LogP contribution in [0, 0.1) is 0 Å². The third-order valence-electron chi connectivity index (χ3n) is 4.75. The van der Waals surface area contributed by atoms with Gasteiger partial charge in [-0.15, -0.1) is 0 Å². The monoisotopic (exact) mass is 342 g/mol. The van der Waals surface area contributed by atoms with Gasteiger partial charge in [-0.25, -0.2) is 9.78 Å². The molecule has 0 amide bonds. The fourth-order valence-electron chi connectivity index (χ4n) is 3.06. The number of hydrogen-bond acceptors (Lipinski definition) is 2. The molecule has 0 spiro atoms. The van der Waals surface area contributed by atoms with Gasteiger partial charge in [-0.1, -0.05) is 117 Å². The van der Waals surface area contributed by atoms with Crippen LogP contribution in [0.4, 0.5) is 0 Å². The molecule has 0 N–H and O–H groups in total. The maximum absolute atomic E-state index is 5.27. The van der Waals surface area contributed by atoms with Gasteiger partial charge in [0.25, 0.3) is 0 Å². The summed E-state index contributed by atoms with van der Waals surface area (Å²) < 4.78 is 0. The van der Waals surface area contributed by atoms with E-state index in [1.165, 1.54) is 103 Å². The smallest absolute Gasteiger partial charge is 0.0822 e. The molecule has 0 aliphatic rings. The van der Waals surface area contributed by atoms with Gasteiger partial charge in [-0.3, -0.25) is 0 Å². The molecule has 0 aromatic carbocycles. The summed E-state index contributed by atoms with van der Waals surface area (Å²) in [6.07, 6.45) is 24.4. The fraction of sp³-hybridized carbons (Fsp3) is 1.00. The topological polar surface area (TPSA) is 18.5 Å². The minimum atomic E-state index is 0.771. The summed E-state index contributed by atoms with van der Waals surface area (Å²) in [6.45, 7) is 6.09. The largest absolute Gasteiger partial charge is 0.237 e. The maximum atomic E-state index is 5.27. The van der Waals surface area contributed by atoms with Crippen molar-refractivity contribution in [3.8, 4) is 0 Å². The summed E-state index contributed by atoms with van der Waals surface area (Å²) in [4.78, 5) is 10.5. The van der Waals surface area contributed by atoms with Gasteiger partial charge in [0.2, 0.25) is 0 Å². The molecule has 0 unspecified atom stereocenters. The zero-order chi connectivity index (χ0) is 17.6. The van der Waals surface area contributed by atoms with Gasteiger partial charge in [0.1, 0.15) is 0 Å². The molecule has 0 saturated carbocycles. The summed E-state index contributed by atoms with van der Waals surface area (Å²) >= 11 is 0. The molecule has 0 aromatic rings. The third-order valence-corrected chi connectivity index (χ3v) is 4.75. The lowest BCUT2D eigenvalue weighted by Gasteiger charge is -2.05. The molecule has 146 valence electrons. The normalized spacial score (nSPS) is 11.2. The van der Waals surface area contributed by atoms with Gasteiger partial charge < -0.3 is 0 Å². The van der Waals surface area contributed by atoms with Gasteiger partial charge in [-0.05, 0) is 12.8 Å². The van der Waals surface area contributed by atoms with E-state index >= 15 is 0 Å². The highest BCUT2D eigenvalue weighted by Crippen LogP contribution is 2.11. The zero-order valence-corrected chi connectivity index (χ0v) is 17.0. The minimum absolute atomic E-state index is 0.771. The molecule has 0 aliphatic heterocycles. The first-order valence-corrected chi connectivity index (χ1v) is 11.2. The van der Waals surface area contributed by atoms with E-state index in [1.807, 2.05) is 0 Å². The fourth-order valence-corrected chi connectivity index (χ4v) is 3.06. The lowest BCUT2D eigenvalue weighted by atomic mass is 10.1. The van der Waals surface area contributed by atoms with Crippen molar-refractivity contribution in [2.24, 2.45) is 0 Å². The molecule has 2 nitrogen and oxygen atoms in total. The Morgan fingerprint density at radius 2 is 0.583 bits per heavy atom. The van der Waals surface area contributed by atoms with Crippen LogP contribution in [-0.2, 0) is 9.78 Å². The van der Waals surface area contributed by atoms with Crippen molar-refractivity contribution in [2.75, 3.05) is 13.2 Å². The van der Waals surface area contributed by atoms with E-state index in [1.54, 1.807) is 0 Å². The highest BCUT2D eigenvalue weighted by Gasteiger charge is 1.95. The zero-order valence-electron chi connectivity index (χ0n) is 17.0. The Morgan fingerprint density at radius 3 is 0.875 bits per heavy atom. The van der Waals surface area contributed by atoms with Gasteiger partial charge in [0.15, 0.2) is 0 Å². The van der Waals surface area contributed by atoms with E-state index in [9.17, 15) is 0 Å². The Kier molecular flexibility index (Phi) is 22.8. The van der Waals surface area contributed by atoms with E-state index in [4.69, 9.17) is 9.78 Å². The Labute approximate surface area is 153 Å². The van der Waals surface area contributed by atoms with Crippen molar-refractivity contribution in [1.82, 2.24) is 0 Å². The molecule has 0 rings (SSSR count). The van der Waals surface area contributed by atoms with Gasteiger partial charge in [0, 0.05) is 0 Å². The van der Waals surface area contributed by atoms with Crippen molar-refractivity contribution in [2.45, 2.75) is 129 Å². The first-order valence-electron chi connectivity index (χ1n) is 11.2. The second-order valence-electron chi connectivity index (χ2n) is 7.30. The summed E-state index contributed by atoms with van der Waals surface area (Å²) in [7, 11) is 0. The SMILES string of the molecule is CCCCCCCCCCCCOOCCCCCCCCCC. The van der Waals surface area contributed by atoms with Crippen LogP contribution in [0.25, 0.3) is 0 Å². The average molecular weight is 343 g/mol. The van der Waals surface area contributed by atoms with E-state index in [2.05, 4.69) is 13.8 Å². The quantitative estimate of drug-likeness (QED) is 0.119. The Morgan fingerprint density at radius 1 is 0.333 bits per heavy atom. The molecule has 24 heavy (non-hydrogen) atoms. The predicted molar refractivity (Wildman–Crippen MR) is 106 cm³/mol. The summed E-state index contributed by atoms with van der Waals surface area (Å²) in [5.74, 6) is 0. The second kappa shape index (κ2) is 22.9. The predicted octanol–water partition coefficient (Wildman–Crippen LogP) is 8.00. The van der Waals surface area contributed by atoms with Crippen LogP contribution in [0.3, 0.4) is 0 Å². The molecule has 0 fully saturated rings. The Hall–Kier alpha value is -0.0800. The molecular formula is C22H46O2. The van der Waals surface area contributed by atoms with Crippen molar-refractivity contribution < 1.29 is 9.78 Å². The molecule has 0 heterocycles. The summed E-state index contributed by atoms with van der Waals surface area (Å²) in [5, 5.41) is 0. The van der Waals surface area contributed by atoms with E-state index in [0.717, 1.165) is 26.1 Å². The molecule has 0 aliphatic carbocycles. The molecule has 0 bridgehead atoms. The third kappa shape index (κ3) is 21.9. The molecule has 0 atom stereocenters. The van der Waals surface area contributed by atoms with Crippen LogP contribution in [0.5, 0.6) is 0 Å².